The number of fused-ring (bicyclic) bond motifs is 1. The molecule has 6 nitrogen and oxygen atoms in total. The van der Waals surface area contributed by atoms with E-state index in [1.54, 1.807) is 28.6 Å². The van der Waals surface area contributed by atoms with Gasteiger partial charge in [0.15, 0.2) is 0 Å². The average Bonchev–Trinajstić information content (AvgIpc) is 2.56. The summed E-state index contributed by atoms with van der Waals surface area (Å²) >= 11 is 0. The van der Waals surface area contributed by atoms with Crippen molar-refractivity contribution in [2.24, 2.45) is 0 Å². The molecule has 1 atom stereocenters. The highest BCUT2D eigenvalue weighted by molar-refractivity contribution is 5.93. The van der Waals surface area contributed by atoms with Crippen LogP contribution in [0.2, 0.25) is 0 Å². The molecule has 1 aromatic carbocycles. The minimum Gasteiger partial charge on any atom is -0.491 e. The van der Waals surface area contributed by atoms with Crippen LogP contribution in [0, 0.1) is 0 Å². The molecule has 0 fully saturated rings. The smallest absolute Gasteiger partial charge is 0.274 e. The number of hydroxylamine groups is 1. The van der Waals surface area contributed by atoms with Crippen molar-refractivity contribution in [3.05, 3.63) is 29.3 Å². The summed E-state index contributed by atoms with van der Waals surface area (Å²) in [5, 5.41) is 8.58. The zero-order valence-corrected chi connectivity index (χ0v) is 9.92. The molecule has 0 unspecified atom stereocenters. The largest absolute Gasteiger partial charge is 0.491 e. The van der Waals surface area contributed by atoms with Gasteiger partial charge in [-0.05, 0) is 19.1 Å². The average molecular weight is 250 g/mol. The van der Waals surface area contributed by atoms with Gasteiger partial charge in [-0.15, -0.1) is 0 Å². The van der Waals surface area contributed by atoms with Gasteiger partial charge < -0.3 is 9.64 Å². The maximum atomic E-state index is 11.3. The SMILES string of the molecule is C[C@H]1COc2cc(C(=O)NO)ccc2CN1C=O. The van der Waals surface area contributed by atoms with Crippen LogP contribution in [0.15, 0.2) is 18.2 Å². The summed E-state index contributed by atoms with van der Waals surface area (Å²) < 4.78 is 5.57. The summed E-state index contributed by atoms with van der Waals surface area (Å²) in [6.45, 7) is 2.71. The Labute approximate surface area is 104 Å². The van der Waals surface area contributed by atoms with E-state index < -0.39 is 5.91 Å². The second kappa shape index (κ2) is 5.05. The highest BCUT2D eigenvalue weighted by Gasteiger charge is 2.21. The third-order valence-electron chi connectivity index (χ3n) is 2.97. The van der Waals surface area contributed by atoms with E-state index in [2.05, 4.69) is 0 Å². The van der Waals surface area contributed by atoms with Crippen LogP contribution in [-0.4, -0.2) is 35.1 Å². The van der Waals surface area contributed by atoms with Crippen molar-refractivity contribution >= 4 is 12.3 Å². The number of rotatable bonds is 2. The summed E-state index contributed by atoms with van der Waals surface area (Å²) in [4.78, 5) is 23.9. The van der Waals surface area contributed by atoms with Gasteiger partial charge in [0.1, 0.15) is 12.4 Å². The van der Waals surface area contributed by atoms with Crippen LogP contribution < -0.4 is 10.2 Å². The molecule has 0 bridgehead atoms. The maximum Gasteiger partial charge on any atom is 0.274 e. The molecule has 2 rings (SSSR count). The lowest BCUT2D eigenvalue weighted by molar-refractivity contribution is -0.120. The van der Waals surface area contributed by atoms with Crippen LogP contribution in [0.4, 0.5) is 0 Å². The highest BCUT2D eigenvalue weighted by atomic mass is 16.5. The van der Waals surface area contributed by atoms with Gasteiger partial charge in [0.25, 0.3) is 5.91 Å². The number of benzene rings is 1. The van der Waals surface area contributed by atoms with Crippen LogP contribution in [-0.2, 0) is 11.3 Å². The number of carbonyl (C=O) groups is 2. The molecule has 1 heterocycles. The van der Waals surface area contributed by atoms with Crippen molar-refractivity contribution in [3.8, 4) is 5.75 Å². The number of nitrogens with zero attached hydrogens (tertiary/aromatic N) is 1. The first-order chi connectivity index (χ1) is 8.65. The normalized spacial score (nSPS) is 18.3. The van der Waals surface area contributed by atoms with E-state index in [4.69, 9.17) is 9.94 Å². The molecular weight excluding hydrogens is 236 g/mol. The topological polar surface area (TPSA) is 78.9 Å². The minimum atomic E-state index is -0.592. The number of amides is 2. The van der Waals surface area contributed by atoms with E-state index >= 15 is 0 Å². The number of nitrogens with one attached hydrogen (secondary N) is 1. The van der Waals surface area contributed by atoms with Crippen LogP contribution in [0.1, 0.15) is 22.8 Å². The predicted molar refractivity (Wildman–Crippen MR) is 62.3 cm³/mol. The van der Waals surface area contributed by atoms with Gasteiger partial charge in [0.05, 0.1) is 6.04 Å². The standard InChI is InChI=1S/C12H14N2O4/c1-8-6-18-11-4-9(12(16)13-17)2-3-10(11)5-14(8)7-15/h2-4,7-8,17H,5-6H2,1H3,(H,13,16)/t8-/m0/s1. The minimum absolute atomic E-state index is 0.0231. The molecule has 0 radical (unpaired) electrons. The summed E-state index contributed by atoms with van der Waals surface area (Å²) in [6.07, 6.45) is 0.789. The second-order valence-corrected chi connectivity index (χ2v) is 4.20. The molecule has 2 amide bonds. The van der Waals surface area contributed by atoms with E-state index in [-0.39, 0.29) is 6.04 Å². The quantitative estimate of drug-likeness (QED) is 0.456. The molecule has 1 aromatic rings. The predicted octanol–water partition coefficient (Wildman–Crippen LogP) is 0.545. The summed E-state index contributed by atoms with van der Waals surface area (Å²) in [7, 11) is 0. The van der Waals surface area contributed by atoms with E-state index in [1.165, 1.54) is 0 Å². The summed E-state index contributed by atoms with van der Waals surface area (Å²) in [6, 6.07) is 4.83. The third-order valence-corrected chi connectivity index (χ3v) is 2.97. The van der Waals surface area contributed by atoms with Crippen LogP contribution >= 0.6 is 0 Å². The Bertz CT molecular complexity index is 475. The lowest BCUT2D eigenvalue weighted by Crippen LogP contribution is -2.33. The Kier molecular flexibility index (Phi) is 3.47. The van der Waals surface area contributed by atoms with Gasteiger partial charge in [-0.2, -0.15) is 0 Å². The van der Waals surface area contributed by atoms with E-state index in [1.807, 2.05) is 6.92 Å². The molecule has 1 aliphatic rings. The molecular formula is C12H14N2O4. The second-order valence-electron chi connectivity index (χ2n) is 4.20. The molecule has 2 N–H and O–H groups in total. The zero-order chi connectivity index (χ0) is 13.1. The van der Waals surface area contributed by atoms with Gasteiger partial charge in [-0.1, -0.05) is 6.07 Å². The summed E-state index contributed by atoms with van der Waals surface area (Å²) in [5.41, 5.74) is 2.71. The Morgan fingerprint density at radius 1 is 1.61 bits per heavy atom. The number of hydrogen-bond donors (Lipinski definition) is 2. The first-order valence-electron chi connectivity index (χ1n) is 5.57. The van der Waals surface area contributed by atoms with Gasteiger partial charge in [0.2, 0.25) is 6.41 Å². The van der Waals surface area contributed by atoms with Gasteiger partial charge >= 0.3 is 0 Å². The lowest BCUT2D eigenvalue weighted by Gasteiger charge is -2.20. The Morgan fingerprint density at radius 2 is 2.39 bits per heavy atom. The van der Waals surface area contributed by atoms with Crippen LogP contribution in [0.3, 0.4) is 0 Å². The fraction of sp³-hybridized carbons (Fsp3) is 0.333. The van der Waals surface area contributed by atoms with Gasteiger partial charge in [0, 0.05) is 17.7 Å². The molecule has 6 heteroatoms. The van der Waals surface area contributed by atoms with Gasteiger partial charge in [-0.25, -0.2) is 5.48 Å². The molecule has 0 saturated heterocycles. The fourth-order valence-corrected chi connectivity index (χ4v) is 1.83. The number of ether oxygens (including phenoxy) is 1. The van der Waals surface area contributed by atoms with Crippen LogP contribution in [0.5, 0.6) is 5.75 Å². The Morgan fingerprint density at radius 3 is 3.06 bits per heavy atom. The van der Waals surface area contributed by atoms with Crippen molar-refractivity contribution in [1.29, 1.82) is 0 Å². The zero-order valence-electron chi connectivity index (χ0n) is 9.92. The number of hydrogen-bond acceptors (Lipinski definition) is 4. The van der Waals surface area contributed by atoms with Crippen molar-refractivity contribution in [2.75, 3.05) is 6.61 Å². The molecule has 1 aliphatic heterocycles. The monoisotopic (exact) mass is 250 g/mol. The highest BCUT2D eigenvalue weighted by Crippen LogP contribution is 2.25. The van der Waals surface area contributed by atoms with Crippen molar-refractivity contribution in [2.45, 2.75) is 19.5 Å². The van der Waals surface area contributed by atoms with Crippen LogP contribution in [0.25, 0.3) is 0 Å². The summed E-state index contributed by atoms with van der Waals surface area (Å²) in [5.74, 6) is -0.0294. The van der Waals surface area contributed by atoms with Crippen molar-refractivity contribution in [3.63, 3.8) is 0 Å². The first-order valence-corrected chi connectivity index (χ1v) is 5.57. The Hall–Kier alpha value is -2.08. The molecule has 96 valence electrons. The number of carbonyl (C=O) groups excluding carboxylic acids is 2. The van der Waals surface area contributed by atoms with E-state index in [0.29, 0.717) is 24.5 Å². The molecule has 0 aliphatic carbocycles. The van der Waals surface area contributed by atoms with Crippen molar-refractivity contribution < 1.29 is 19.5 Å². The lowest BCUT2D eigenvalue weighted by atomic mass is 10.1. The maximum absolute atomic E-state index is 11.3. The van der Waals surface area contributed by atoms with Gasteiger partial charge in [-0.3, -0.25) is 14.8 Å². The molecule has 0 saturated carbocycles. The third kappa shape index (κ3) is 2.28. The first kappa shape index (κ1) is 12.4. The van der Waals surface area contributed by atoms with E-state index in [9.17, 15) is 9.59 Å². The molecule has 18 heavy (non-hydrogen) atoms. The van der Waals surface area contributed by atoms with E-state index in [0.717, 1.165) is 12.0 Å². The molecule has 0 spiro atoms. The molecule has 0 aromatic heterocycles. The van der Waals surface area contributed by atoms with Crippen molar-refractivity contribution in [1.82, 2.24) is 10.4 Å². The Balaban J connectivity index is 2.32. The fourth-order valence-electron chi connectivity index (χ4n) is 1.83.